The van der Waals surface area contributed by atoms with Crippen molar-refractivity contribution in [1.82, 2.24) is 0 Å². The summed E-state index contributed by atoms with van der Waals surface area (Å²) in [5.41, 5.74) is 0.0712. The molecule has 0 bridgehead atoms. The highest BCUT2D eigenvalue weighted by atomic mass is 32.2. The Morgan fingerprint density at radius 3 is 2.44 bits per heavy atom. The number of nitrogens with two attached hydrogens (primary N) is 1. The lowest BCUT2D eigenvalue weighted by Gasteiger charge is -2.18. The van der Waals surface area contributed by atoms with E-state index in [4.69, 9.17) is 9.88 Å². The monoisotopic (exact) mass is 275 g/mol. The molecule has 4 nitrogen and oxygen atoms in total. The summed E-state index contributed by atoms with van der Waals surface area (Å²) in [6, 6.07) is 3.28. The van der Waals surface area contributed by atoms with Gasteiger partial charge >= 0.3 is 0 Å². The highest BCUT2D eigenvalue weighted by molar-refractivity contribution is 7.89. The maximum absolute atomic E-state index is 13.0. The molecule has 0 saturated heterocycles. The highest BCUT2D eigenvalue weighted by Gasteiger charge is 2.17. The fourth-order valence-electron chi connectivity index (χ4n) is 1.29. The molecule has 0 heterocycles. The maximum Gasteiger partial charge on any atom is 0.241 e. The van der Waals surface area contributed by atoms with Gasteiger partial charge in [0.05, 0.1) is 6.61 Å². The number of rotatable bonds is 4. The molecule has 0 aromatic heterocycles. The Bertz CT molecular complexity index is 521. The third kappa shape index (κ3) is 4.62. The first-order chi connectivity index (χ1) is 8.09. The van der Waals surface area contributed by atoms with Gasteiger partial charge in [-0.25, -0.2) is 17.9 Å². The van der Waals surface area contributed by atoms with E-state index >= 15 is 0 Å². The summed E-state index contributed by atoms with van der Waals surface area (Å²) in [5, 5.41) is 5.01. The van der Waals surface area contributed by atoms with E-state index in [0.29, 0.717) is 6.61 Å². The van der Waals surface area contributed by atoms with Crippen LogP contribution in [0.2, 0.25) is 0 Å². The van der Waals surface area contributed by atoms with Gasteiger partial charge in [-0.05, 0) is 30.0 Å². The van der Waals surface area contributed by atoms with E-state index in [0.717, 1.165) is 18.6 Å². The van der Waals surface area contributed by atoms with Gasteiger partial charge in [0.1, 0.15) is 16.5 Å². The standard InChI is InChI=1S/C12H18FNO3S/c1-12(2,3)6-7-17-10-5-4-9(13)8-11(10)18(14,15)16/h4-5,8H,6-7H2,1-3H3,(H2,14,15,16). The second kappa shape index (κ2) is 5.24. The Kier molecular flexibility index (Phi) is 4.34. The zero-order valence-electron chi connectivity index (χ0n) is 10.7. The molecule has 6 heteroatoms. The molecule has 2 N–H and O–H groups in total. The van der Waals surface area contributed by atoms with Crippen LogP contribution in [-0.2, 0) is 10.0 Å². The molecular weight excluding hydrogens is 257 g/mol. The van der Waals surface area contributed by atoms with Gasteiger partial charge in [0.25, 0.3) is 0 Å². The Labute approximate surface area is 107 Å². The van der Waals surface area contributed by atoms with Gasteiger partial charge in [-0.2, -0.15) is 0 Å². The normalized spacial score (nSPS) is 12.5. The molecule has 0 radical (unpaired) electrons. The average molecular weight is 275 g/mol. The van der Waals surface area contributed by atoms with Crippen LogP contribution in [0, 0.1) is 11.2 Å². The van der Waals surface area contributed by atoms with Gasteiger partial charge in [-0.3, -0.25) is 0 Å². The Balaban J connectivity index is 2.90. The van der Waals surface area contributed by atoms with Crippen LogP contribution < -0.4 is 9.88 Å². The molecule has 0 spiro atoms. The number of ether oxygens (including phenoxy) is 1. The molecule has 0 aliphatic rings. The molecule has 0 aliphatic heterocycles. The fourth-order valence-corrected chi connectivity index (χ4v) is 1.97. The van der Waals surface area contributed by atoms with Gasteiger partial charge in [-0.1, -0.05) is 20.8 Å². The van der Waals surface area contributed by atoms with E-state index in [2.05, 4.69) is 0 Å². The van der Waals surface area contributed by atoms with E-state index in [1.807, 2.05) is 20.8 Å². The summed E-state index contributed by atoms with van der Waals surface area (Å²) in [4.78, 5) is -0.323. The van der Waals surface area contributed by atoms with Crippen molar-refractivity contribution in [3.05, 3.63) is 24.0 Å². The summed E-state index contributed by atoms with van der Waals surface area (Å²) >= 11 is 0. The second-order valence-corrected chi connectivity index (χ2v) is 6.83. The van der Waals surface area contributed by atoms with Crippen molar-refractivity contribution in [3.63, 3.8) is 0 Å². The molecule has 0 fully saturated rings. The largest absolute Gasteiger partial charge is 0.492 e. The minimum absolute atomic E-state index is 0.0712. The van der Waals surface area contributed by atoms with Crippen molar-refractivity contribution in [1.29, 1.82) is 0 Å². The lowest BCUT2D eigenvalue weighted by molar-refractivity contribution is 0.238. The van der Waals surface area contributed by atoms with Crippen LogP contribution in [0.25, 0.3) is 0 Å². The number of halogens is 1. The van der Waals surface area contributed by atoms with Crippen molar-refractivity contribution in [3.8, 4) is 5.75 Å². The molecule has 102 valence electrons. The van der Waals surface area contributed by atoms with Gasteiger partial charge < -0.3 is 4.74 Å². The van der Waals surface area contributed by atoms with Crippen molar-refractivity contribution < 1.29 is 17.5 Å². The van der Waals surface area contributed by atoms with E-state index in [1.165, 1.54) is 6.07 Å². The Morgan fingerprint density at radius 2 is 1.94 bits per heavy atom. The summed E-state index contributed by atoms with van der Waals surface area (Å²) in [5.74, 6) is -0.578. The molecular formula is C12H18FNO3S. The molecule has 0 amide bonds. The average Bonchev–Trinajstić information content (AvgIpc) is 2.17. The quantitative estimate of drug-likeness (QED) is 0.916. The number of primary sulfonamides is 1. The first kappa shape index (κ1) is 14.9. The first-order valence-electron chi connectivity index (χ1n) is 5.55. The van der Waals surface area contributed by atoms with Crippen molar-refractivity contribution in [2.24, 2.45) is 10.6 Å². The zero-order valence-corrected chi connectivity index (χ0v) is 11.6. The lowest BCUT2D eigenvalue weighted by Crippen LogP contribution is -2.16. The van der Waals surface area contributed by atoms with Crippen LogP contribution in [0.3, 0.4) is 0 Å². The minimum atomic E-state index is -3.99. The van der Waals surface area contributed by atoms with Crippen LogP contribution in [0.15, 0.2) is 23.1 Å². The van der Waals surface area contributed by atoms with Gasteiger partial charge in [0.15, 0.2) is 0 Å². The summed E-state index contributed by atoms with van der Waals surface area (Å²) in [6.07, 6.45) is 0.744. The minimum Gasteiger partial charge on any atom is -0.492 e. The summed E-state index contributed by atoms with van der Waals surface area (Å²) < 4.78 is 41.0. The Hall–Kier alpha value is -1.14. The molecule has 0 atom stereocenters. The summed E-state index contributed by atoms with van der Waals surface area (Å²) in [6.45, 7) is 6.47. The topological polar surface area (TPSA) is 69.4 Å². The predicted molar refractivity (Wildman–Crippen MR) is 67.3 cm³/mol. The van der Waals surface area contributed by atoms with Gasteiger partial charge in [-0.15, -0.1) is 0 Å². The third-order valence-corrected chi connectivity index (χ3v) is 3.25. The SMILES string of the molecule is CC(C)(C)CCOc1ccc(F)cc1S(N)(=O)=O. The molecule has 1 aromatic rings. The molecule has 0 unspecified atom stereocenters. The Morgan fingerprint density at radius 1 is 1.33 bits per heavy atom. The van der Waals surface area contributed by atoms with Crippen LogP contribution >= 0.6 is 0 Å². The number of benzene rings is 1. The second-order valence-electron chi connectivity index (χ2n) is 5.30. The van der Waals surface area contributed by atoms with Crippen molar-refractivity contribution in [2.75, 3.05) is 6.61 Å². The van der Waals surface area contributed by atoms with Gasteiger partial charge in [0.2, 0.25) is 10.0 Å². The molecule has 0 aliphatic carbocycles. The predicted octanol–water partition coefficient (Wildman–Crippen LogP) is 2.29. The molecule has 18 heavy (non-hydrogen) atoms. The number of hydrogen-bond acceptors (Lipinski definition) is 3. The smallest absolute Gasteiger partial charge is 0.241 e. The van der Waals surface area contributed by atoms with Crippen LogP contribution in [0.4, 0.5) is 4.39 Å². The number of hydrogen-bond donors (Lipinski definition) is 1. The number of sulfonamides is 1. The zero-order chi connectivity index (χ0) is 14.0. The molecule has 1 aromatic carbocycles. The van der Waals surface area contributed by atoms with Crippen LogP contribution in [0.1, 0.15) is 27.2 Å². The lowest BCUT2D eigenvalue weighted by atomic mass is 9.93. The highest BCUT2D eigenvalue weighted by Crippen LogP contribution is 2.25. The molecule has 0 saturated carbocycles. The maximum atomic E-state index is 13.0. The van der Waals surface area contributed by atoms with Crippen LogP contribution in [-0.4, -0.2) is 15.0 Å². The fraction of sp³-hybridized carbons (Fsp3) is 0.500. The van der Waals surface area contributed by atoms with Crippen LogP contribution in [0.5, 0.6) is 5.75 Å². The molecule has 1 rings (SSSR count). The first-order valence-corrected chi connectivity index (χ1v) is 7.09. The van der Waals surface area contributed by atoms with E-state index in [-0.39, 0.29) is 16.1 Å². The third-order valence-electron chi connectivity index (χ3n) is 2.32. The van der Waals surface area contributed by atoms with Gasteiger partial charge in [0, 0.05) is 0 Å². The summed E-state index contributed by atoms with van der Waals surface area (Å²) in [7, 11) is -3.99. The van der Waals surface area contributed by atoms with E-state index in [9.17, 15) is 12.8 Å². The van der Waals surface area contributed by atoms with E-state index < -0.39 is 15.8 Å². The van der Waals surface area contributed by atoms with E-state index in [1.54, 1.807) is 0 Å². The van der Waals surface area contributed by atoms with Crippen molar-refractivity contribution in [2.45, 2.75) is 32.1 Å². The van der Waals surface area contributed by atoms with Crippen molar-refractivity contribution >= 4 is 10.0 Å².